The lowest BCUT2D eigenvalue weighted by atomic mass is 10.3. The van der Waals surface area contributed by atoms with Crippen molar-refractivity contribution >= 4 is 34.2 Å². The highest BCUT2D eigenvalue weighted by molar-refractivity contribution is 7.90. The summed E-state index contributed by atoms with van der Waals surface area (Å²) in [5, 5.41) is 15.9. The van der Waals surface area contributed by atoms with Crippen LogP contribution in [0.4, 0.5) is 0 Å². The summed E-state index contributed by atoms with van der Waals surface area (Å²) in [5.41, 5.74) is -0.0671. The first-order valence-electron chi connectivity index (χ1n) is 10.3. The average Bonchev–Trinajstić information content (AvgIpc) is 2.83. The molecule has 2 amide bonds. The minimum Gasteiger partial charge on any atom is -0.348 e. The van der Waals surface area contributed by atoms with Crippen LogP contribution in [0.15, 0.2) is 17.2 Å². The molecule has 1 atom stereocenters. The minimum atomic E-state index is -3.57. The maximum Gasteiger partial charge on any atom is 0.242 e. The number of carbonyl (C=O) groups is 4. The summed E-state index contributed by atoms with van der Waals surface area (Å²) in [5.74, 6) is -0.557. The Morgan fingerprint density at radius 1 is 1.18 bits per heavy atom. The number of aldehydes is 2. The second kappa shape index (κ2) is 20.7. The molecule has 1 aromatic rings. The molecule has 1 heterocycles. The lowest BCUT2D eigenvalue weighted by Gasteiger charge is -2.12. The van der Waals surface area contributed by atoms with Gasteiger partial charge in [-0.15, -0.1) is 0 Å². The molecule has 186 valence electrons. The topological polar surface area (TPSA) is 175 Å². The van der Waals surface area contributed by atoms with Crippen molar-refractivity contribution in [3.63, 3.8) is 0 Å². The Bertz CT molecular complexity index is 882. The van der Waals surface area contributed by atoms with Crippen LogP contribution in [0.2, 0.25) is 0 Å². The molecular weight excluding hydrogens is 450 g/mol. The van der Waals surface area contributed by atoms with Crippen LogP contribution in [0.1, 0.15) is 57.1 Å². The van der Waals surface area contributed by atoms with Gasteiger partial charge >= 0.3 is 0 Å². The van der Waals surface area contributed by atoms with Crippen molar-refractivity contribution in [1.29, 1.82) is 5.26 Å². The van der Waals surface area contributed by atoms with E-state index in [1.165, 1.54) is 12.1 Å². The molecule has 0 radical (unpaired) electrons. The van der Waals surface area contributed by atoms with Crippen LogP contribution in [0.5, 0.6) is 0 Å². The van der Waals surface area contributed by atoms with Gasteiger partial charge in [0.25, 0.3) is 0 Å². The fraction of sp³-hybridized carbons (Fsp3) is 0.524. The van der Waals surface area contributed by atoms with Crippen LogP contribution in [0, 0.1) is 11.3 Å². The molecule has 0 bridgehead atoms. The van der Waals surface area contributed by atoms with E-state index in [4.69, 9.17) is 5.26 Å². The van der Waals surface area contributed by atoms with Gasteiger partial charge in [-0.25, -0.2) is 13.4 Å². The molecule has 0 saturated heterocycles. The van der Waals surface area contributed by atoms with Gasteiger partial charge in [0, 0.05) is 19.2 Å². The summed E-state index contributed by atoms with van der Waals surface area (Å²) in [6.07, 6.45) is 2.27. The van der Waals surface area contributed by atoms with Crippen LogP contribution >= 0.6 is 0 Å². The zero-order chi connectivity index (χ0) is 26.4. The van der Waals surface area contributed by atoms with Crippen molar-refractivity contribution in [3.05, 3.63) is 23.4 Å². The number of hydrogen-bond donors (Lipinski definition) is 3. The summed E-state index contributed by atoms with van der Waals surface area (Å²) in [4.78, 5) is 46.3. The Labute approximate surface area is 196 Å². The SMILES string of the molecule is CC.CC.CNCCC(=O)NC(C)C(=O)NCC=O.CS(=O)(=O)c1nc(C=O)ccc1C#N. The molecule has 1 aromatic heterocycles. The molecule has 1 unspecified atom stereocenters. The molecule has 0 aliphatic heterocycles. The smallest absolute Gasteiger partial charge is 0.242 e. The van der Waals surface area contributed by atoms with Crippen molar-refractivity contribution in [1.82, 2.24) is 20.9 Å². The van der Waals surface area contributed by atoms with E-state index >= 15 is 0 Å². The molecular formula is C21H35N5O6S. The molecule has 0 saturated carbocycles. The molecule has 3 N–H and O–H groups in total. The van der Waals surface area contributed by atoms with Gasteiger partial charge in [-0.3, -0.25) is 14.4 Å². The van der Waals surface area contributed by atoms with Gasteiger partial charge in [-0.1, -0.05) is 27.7 Å². The first-order valence-corrected chi connectivity index (χ1v) is 12.2. The van der Waals surface area contributed by atoms with Gasteiger partial charge in [-0.2, -0.15) is 5.26 Å². The fourth-order valence-electron chi connectivity index (χ4n) is 1.80. The molecule has 0 aromatic carbocycles. The van der Waals surface area contributed by atoms with E-state index in [1.54, 1.807) is 20.0 Å². The molecule has 0 aliphatic rings. The Kier molecular flexibility index (Phi) is 21.6. The number of sulfone groups is 1. The number of hydrogen-bond acceptors (Lipinski definition) is 9. The van der Waals surface area contributed by atoms with E-state index in [0.717, 1.165) is 6.26 Å². The molecule has 0 fully saturated rings. The number of aromatic nitrogens is 1. The van der Waals surface area contributed by atoms with E-state index in [2.05, 4.69) is 20.9 Å². The van der Waals surface area contributed by atoms with Crippen LogP contribution in [-0.4, -0.2) is 70.2 Å². The monoisotopic (exact) mass is 485 g/mol. The van der Waals surface area contributed by atoms with Crippen molar-refractivity contribution in [2.75, 3.05) is 26.4 Å². The predicted molar refractivity (Wildman–Crippen MR) is 125 cm³/mol. The van der Waals surface area contributed by atoms with E-state index in [9.17, 15) is 27.6 Å². The van der Waals surface area contributed by atoms with Crippen molar-refractivity contribution in [2.45, 2.75) is 52.1 Å². The standard InChI is InChI=1S/C9H17N3O3.C8H6N2O3S.2C2H6/c1-7(9(15)11-5-6-13)12-8(14)3-4-10-2;1-14(12,13)8-6(4-9)2-3-7(5-11)10-8;2*1-2/h6-7,10H,3-5H2,1-2H3,(H,11,15)(H,12,14);2-3,5H,1H3;2*1-2H3. The fourth-order valence-corrected chi connectivity index (χ4v) is 2.59. The Hall–Kier alpha value is -3.17. The van der Waals surface area contributed by atoms with E-state index in [-0.39, 0.29) is 34.6 Å². The quantitative estimate of drug-likeness (QED) is 0.424. The number of nitriles is 1. The Morgan fingerprint density at radius 2 is 1.76 bits per heavy atom. The Morgan fingerprint density at radius 3 is 2.18 bits per heavy atom. The first-order chi connectivity index (χ1) is 15.6. The second-order valence-corrected chi connectivity index (χ2v) is 7.58. The largest absolute Gasteiger partial charge is 0.348 e. The van der Waals surface area contributed by atoms with Gasteiger partial charge in [0.2, 0.25) is 11.8 Å². The molecule has 0 spiro atoms. The van der Waals surface area contributed by atoms with Gasteiger partial charge in [0.15, 0.2) is 21.1 Å². The van der Waals surface area contributed by atoms with Crippen molar-refractivity contribution < 1.29 is 27.6 Å². The average molecular weight is 486 g/mol. The molecule has 33 heavy (non-hydrogen) atoms. The molecule has 0 aliphatic carbocycles. The van der Waals surface area contributed by atoms with Crippen LogP contribution < -0.4 is 16.0 Å². The number of pyridine rings is 1. The number of carbonyl (C=O) groups excluding carboxylic acids is 4. The highest BCUT2D eigenvalue weighted by Crippen LogP contribution is 2.11. The summed E-state index contributed by atoms with van der Waals surface area (Å²) in [7, 11) is -1.83. The third-order valence-corrected chi connectivity index (χ3v) is 4.22. The molecule has 1 rings (SSSR count). The van der Waals surface area contributed by atoms with E-state index in [0.29, 0.717) is 25.5 Å². The maximum absolute atomic E-state index is 11.2. The van der Waals surface area contributed by atoms with Gasteiger partial charge in [0.1, 0.15) is 24.1 Å². The summed E-state index contributed by atoms with van der Waals surface area (Å²) < 4.78 is 22.3. The normalized spacial score (nSPS) is 10.1. The van der Waals surface area contributed by atoms with Crippen LogP contribution in [0.3, 0.4) is 0 Å². The number of nitrogens with one attached hydrogen (secondary N) is 3. The zero-order valence-electron chi connectivity index (χ0n) is 20.3. The van der Waals surface area contributed by atoms with E-state index < -0.39 is 15.9 Å². The number of rotatable bonds is 9. The maximum atomic E-state index is 11.2. The van der Waals surface area contributed by atoms with Crippen LogP contribution in [0.25, 0.3) is 0 Å². The first kappa shape index (κ1) is 34.4. The van der Waals surface area contributed by atoms with Crippen molar-refractivity contribution in [3.8, 4) is 6.07 Å². The molecule has 12 heteroatoms. The van der Waals surface area contributed by atoms with Crippen LogP contribution in [-0.2, 0) is 24.2 Å². The highest BCUT2D eigenvalue weighted by Gasteiger charge is 2.16. The second-order valence-electron chi connectivity index (χ2n) is 5.65. The Balaban J connectivity index is -0.000000474. The third kappa shape index (κ3) is 16.2. The van der Waals surface area contributed by atoms with Gasteiger partial charge in [0.05, 0.1) is 12.1 Å². The minimum absolute atomic E-state index is 0.00979. The number of nitrogens with zero attached hydrogens (tertiary/aromatic N) is 2. The zero-order valence-corrected chi connectivity index (χ0v) is 21.1. The van der Waals surface area contributed by atoms with Gasteiger partial charge in [-0.05, 0) is 26.1 Å². The predicted octanol–water partition coefficient (Wildman–Crippen LogP) is 0.637. The van der Waals surface area contributed by atoms with Crippen molar-refractivity contribution in [2.24, 2.45) is 0 Å². The summed E-state index contributed by atoms with van der Waals surface area (Å²) in [6.45, 7) is 10.1. The lowest BCUT2D eigenvalue weighted by Crippen LogP contribution is -2.45. The third-order valence-electron chi connectivity index (χ3n) is 3.21. The van der Waals surface area contributed by atoms with Gasteiger partial charge < -0.3 is 20.7 Å². The highest BCUT2D eigenvalue weighted by atomic mass is 32.2. The lowest BCUT2D eigenvalue weighted by molar-refractivity contribution is -0.128. The number of amides is 2. The van der Waals surface area contributed by atoms with E-state index in [1.807, 2.05) is 27.7 Å². The summed E-state index contributed by atoms with van der Waals surface area (Å²) >= 11 is 0. The summed E-state index contributed by atoms with van der Waals surface area (Å²) in [6, 6.07) is 3.63. The molecule has 11 nitrogen and oxygen atoms in total.